The van der Waals surface area contributed by atoms with E-state index in [1.807, 2.05) is 30.3 Å². The number of hydrogen-bond donors (Lipinski definition) is 2. The molecule has 0 bridgehead atoms. The molecule has 126 valence electrons. The minimum absolute atomic E-state index is 0.170. The molecule has 0 heterocycles. The standard InChI is InChI=1S/C18H19NO5/c1-13(20)19-17(18(21)22)12-24-16-9-5-8-15(10-16)23-11-14-6-3-2-4-7-14/h2-10,17H,11-12H2,1H3,(H,19,20)(H,21,22). The zero-order chi connectivity index (χ0) is 17.4. The molecule has 6 nitrogen and oxygen atoms in total. The van der Waals surface area contributed by atoms with Crippen LogP contribution in [-0.2, 0) is 16.2 Å². The highest BCUT2D eigenvalue weighted by Gasteiger charge is 2.19. The topological polar surface area (TPSA) is 84.9 Å². The van der Waals surface area contributed by atoms with Gasteiger partial charge in [-0.25, -0.2) is 4.79 Å². The average Bonchev–Trinajstić information content (AvgIpc) is 2.57. The predicted molar refractivity (Wildman–Crippen MR) is 88.0 cm³/mol. The van der Waals surface area contributed by atoms with Gasteiger partial charge in [0.15, 0.2) is 6.04 Å². The van der Waals surface area contributed by atoms with Gasteiger partial charge >= 0.3 is 5.97 Å². The van der Waals surface area contributed by atoms with Crippen molar-refractivity contribution in [2.75, 3.05) is 6.61 Å². The lowest BCUT2D eigenvalue weighted by molar-refractivity contribution is -0.142. The number of hydrogen-bond acceptors (Lipinski definition) is 4. The molecular formula is C18H19NO5. The van der Waals surface area contributed by atoms with Gasteiger partial charge in [-0.1, -0.05) is 36.4 Å². The summed E-state index contributed by atoms with van der Waals surface area (Å²) in [4.78, 5) is 22.1. The van der Waals surface area contributed by atoms with Gasteiger partial charge in [0, 0.05) is 13.0 Å². The van der Waals surface area contributed by atoms with Gasteiger partial charge in [0.1, 0.15) is 24.7 Å². The molecule has 1 amide bonds. The molecule has 0 fully saturated rings. The molecule has 0 spiro atoms. The second-order valence-electron chi connectivity index (χ2n) is 5.15. The third-order valence-electron chi connectivity index (χ3n) is 3.15. The molecule has 0 saturated carbocycles. The number of rotatable bonds is 8. The van der Waals surface area contributed by atoms with Crippen molar-refractivity contribution in [2.24, 2.45) is 0 Å². The molecule has 2 rings (SSSR count). The van der Waals surface area contributed by atoms with Crippen LogP contribution in [0.5, 0.6) is 11.5 Å². The Morgan fingerprint density at radius 2 is 1.71 bits per heavy atom. The van der Waals surface area contributed by atoms with Crippen molar-refractivity contribution in [1.82, 2.24) is 5.32 Å². The maximum atomic E-state index is 11.1. The Bertz CT molecular complexity index is 687. The van der Waals surface area contributed by atoms with Crippen LogP contribution in [0.2, 0.25) is 0 Å². The number of nitrogens with one attached hydrogen (secondary N) is 1. The van der Waals surface area contributed by atoms with Crippen molar-refractivity contribution < 1.29 is 24.2 Å². The molecule has 0 saturated heterocycles. The summed E-state index contributed by atoms with van der Waals surface area (Å²) in [5.74, 6) is -0.493. The third kappa shape index (κ3) is 5.64. The fourth-order valence-corrected chi connectivity index (χ4v) is 1.99. The van der Waals surface area contributed by atoms with Crippen LogP contribution in [0.4, 0.5) is 0 Å². The lowest BCUT2D eigenvalue weighted by atomic mass is 10.2. The maximum Gasteiger partial charge on any atom is 0.329 e. The van der Waals surface area contributed by atoms with E-state index < -0.39 is 17.9 Å². The molecule has 24 heavy (non-hydrogen) atoms. The zero-order valence-corrected chi connectivity index (χ0v) is 13.3. The molecule has 2 N–H and O–H groups in total. The highest BCUT2D eigenvalue weighted by atomic mass is 16.5. The highest BCUT2D eigenvalue weighted by Crippen LogP contribution is 2.20. The average molecular weight is 329 g/mol. The first kappa shape index (κ1) is 17.3. The van der Waals surface area contributed by atoms with Crippen LogP contribution in [-0.4, -0.2) is 29.6 Å². The summed E-state index contributed by atoms with van der Waals surface area (Å²) in [6.45, 7) is 1.51. The Labute approximate surface area is 140 Å². The molecule has 6 heteroatoms. The van der Waals surface area contributed by atoms with Gasteiger partial charge in [-0.05, 0) is 17.7 Å². The number of amides is 1. The Morgan fingerprint density at radius 3 is 2.33 bits per heavy atom. The van der Waals surface area contributed by atoms with E-state index in [1.54, 1.807) is 24.3 Å². The summed E-state index contributed by atoms with van der Waals surface area (Å²) in [5, 5.41) is 11.4. The van der Waals surface area contributed by atoms with Gasteiger partial charge in [-0.3, -0.25) is 4.79 Å². The van der Waals surface area contributed by atoms with Crippen LogP contribution in [0.25, 0.3) is 0 Å². The monoisotopic (exact) mass is 329 g/mol. The largest absolute Gasteiger partial charge is 0.491 e. The van der Waals surface area contributed by atoms with E-state index in [2.05, 4.69) is 5.32 Å². The number of carboxylic acid groups (broad SMARTS) is 1. The number of ether oxygens (including phenoxy) is 2. The summed E-state index contributed by atoms with van der Waals surface area (Å²) in [6.07, 6.45) is 0. The number of aliphatic carboxylic acids is 1. The molecule has 0 aliphatic rings. The number of carbonyl (C=O) groups is 2. The Kier molecular flexibility index (Phi) is 6.19. The van der Waals surface area contributed by atoms with Crippen molar-refractivity contribution in [3.8, 4) is 11.5 Å². The van der Waals surface area contributed by atoms with E-state index in [4.69, 9.17) is 14.6 Å². The third-order valence-corrected chi connectivity index (χ3v) is 3.15. The van der Waals surface area contributed by atoms with Gasteiger partial charge in [-0.2, -0.15) is 0 Å². The SMILES string of the molecule is CC(=O)NC(COc1cccc(OCc2ccccc2)c1)C(=O)O. The summed E-state index contributed by atoms with van der Waals surface area (Å²) in [5.41, 5.74) is 1.04. The minimum Gasteiger partial charge on any atom is -0.491 e. The Morgan fingerprint density at radius 1 is 1.04 bits per heavy atom. The lowest BCUT2D eigenvalue weighted by Crippen LogP contribution is -2.43. The van der Waals surface area contributed by atoms with Gasteiger partial charge in [0.05, 0.1) is 0 Å². The van der Waals surface area contributed by atoms with Crippen molar-refractivity contribution in [2.45, 2.75) is 19.6 Å². The summed E-state index contributed by atoms with van der Waals surface area (Å²) < 4.78 is 11.1. The quantitative estimate of drug-likeness (QED) is 0.776. The Balaban J connectivity index is 1.92. The molecule has 1 unspecified atom stereocenters. The molecular weight excluding hydrogens is 310 g/mol. The second kappa shape index (κ2) is 8.57. The van der Waals surface area contributed by atoms with E-state index in [0.29, 0.717) is 18.1 Å². The van der Waals surface area contributed by atoms with Crippen LogP contribution >= 0.6 is 0 Å². The first-order valence-electron chi connectivity index (χ1n) is 7.44. The fourth-order valence-electron chi connectivity index (χ4n) is 1.99. The van der Waals surface area contributed by atoms with Gasteiger partial charge in [-0.15, -0.1) is 0 Å². The van der Waals surface area contributed by atoms with Crippen LogP contribution < -0.4 is 14.8 Å². The molecule has 0 radical (unpaired) electrons. The van der Waals surface area contributed by atoms with Crippen molar-refractivity contribution in [1.29, 1.82) is 0 Å². The summed E-state index contributed by atoms with van der Waals surface area (Å²) in [6, 6.07) is 15.6. The van der Waals surface area contributed by atoms with Gasteiger partial charge in [0.25, 0.3) is 0 Å². The summed E-state index contributed by atoms with van der Waals surface area (Å²) in [7, 11) is 0. The maximum absolute atomic E-state index is 11.1. The van der Waals surface area contributed by atoms with Gasteiger partial charge < -0.3 is 19.9 Å². The second-order valence-corrected chi connectivity index (χ2v) is 5.15. The van der Waals surface area contributed by atoms with E-state index in [9.17, 15) is 9.59 Å². The fraction of sp³-hybridized carbons (Fsp3) is 0.222. The molecule has 2 aromatic carbocycles. The van der Waals surface area contributed by atoms with E-state index >= 15 is 0 Å². The molecule has 2 aromatic rings. The zero-order valence-electron chi connectivity index (χ0n) is 13.3. The number of carboxylic acids is 1. The first-order valence-corrected chi connectivity index (χ1v) is 7.44. The Hall–Kier alpha value is -3.02. The molecule has 0 aromatic heterocycles. The van der Waals surface area contributed by atoms with E-state index in [0.717, 1.165) is 5.56 Å². The van der Waals surface area contributed by atoms with Crippen molar-refractivity contribution >= 4 is 11.9 Å². The molecule has 0 aliphatic heterocycles. The lowest BCUT2D eigenvalue weighted by Gasteiger charge is -2.15. The van der Waals surface area contributed by atoms with E-state index in [1.165, 1.54) is 6.92 Å². The summed E-state index contributed by atoms with van der Waals surface area (Å²) >= 11 is 0. The smallest absolute Gasteiger partial charge is 0.329 e. The first-order chi connectivity index (χ1) is 11.5. The van der Waals surface area contributed by atoms with Crippen LogP contribution in [0.3, 0.4) is 0 Å². The highest BCUT2D eigenvalue weighted by molar-refractivity contribution is 5.82. The van der Waals surface area contributed by atoms with Crippen molar-refractivity contribution in [3.63, 3.8) is 0 Å². The van der Waals surface area contributed by atoms with Crippen LogP contribution in [0.15, 0.2) is 54.6 Å². The van der Waals surface area contributed by atoms with Gasteiger partial charge in [0.2, 0.25) is 5.91 Å². The normalized spacial score (nSPS) is 11.4. The molecule has 0 aliphatic carbocycles. The number of carbonyl (C=O) groups excluding carboxylic acids is 1. The van der Waals surface area contributed by atoms with E-state index in [-0.39, 0.29) is 6.61 Å². The molecule has 1 atom stereocenters. The predicted octanol–water partition coefficient (Wildman–Crippen LogP) is 2.23. The van der Waals surface area contributed by atoms with Crippen LogP contribution in [0, 0.1) is 0 Å². The van der Waals surface area contributed by atoms with Crippen molar-refractivity contribution in [3.05, 3.63) is 60.2 Å². The number of benzene rings is 2. The minimum atomic E-state index is -1.15. The van der Waals surface area contributed by atoms with Crippen LogP contribution in [0.1, 0.15) is 12.5 Å².